The molecule has 1 amide bonds. The summed E-state index contributed by atoms with van der Waals surface area (Å²) in [6, 6.07) is 8.62. The van der Waals surface area contributed by atoms with E-state index in [0.717, 1.165) is 0 Å². The highest BCUT2D eigenvalue weighted by molar-refractivity contribution is 6.36. The van der Waals surface area contributed by atoms with Crippen LogP contribution in [-0.4, -0.2) is 12.5 Å². The average Bonchev–Trinajstić information content (AvgIpc) is 2.88. The fraction of sp³-hybridized carbons (Fsp3) is 0.154. The van der Waals surface area contributed by atoms with Crippen LogP contribution in [0.4, 0.5) is 5.69 Å². The Morgan fingerprint density at radius 1 is 1.26 bits per heavy atom. The van der Waals surface area contributed by atoms with Crippen LogP contribution in [0.5, 0.6) is 0 Å². The Hall–Kier alpha value is -1.65. The first kappa shape index (κ1) is 13.8. The Morgan fingerprint density at radius 3 is 2.79 bits per heavy atom. The van der Waals surface area contributed by atoms with Crippen molar-refractivity contribution in [3.63, 3.8) is 0 Å². The molecule has 0 aliphatic rings. The first-order valence-electron chi connectivity index (χ1n) is 5.63. The number of amides is 1. The van der Waals surface area contributed by atoms with Gasteiger partial charge < -0.3 is 15.1 Å². The van der Waals surface area contributed by atoms with Gasteiger partial charge >= 0.3 is 0 Å². The third-order valence-electron chi connectivity index (χ3n) is 2.41. The van der Waals surface area contributed by atoms with Gasteiger partial charge in [0.1, 0.15) is 5.76 Å². The SMILES string of the molecule is O=C(CNc1ccc(Cl)cc1Cl)NCc1ccco1. The summed E-state index contributed by atoms with van der Waals surface area (Å²) in [5, 5.41) is 6.69. The lowest BCUT2D eigenvalue weighted by Gasteiger charge is -2.08. The van der Waals surface area contributed by atoms with Gasteiger partial charge in [-0.05, 0) is 30.3 Å². The Balaban J connectivity index is 1.80. The Kier molecular flexibility index (Phi) is 4.71. The van der Waals surface area contributed by atoms with E-state index in [0.29, 0.717) is 28.0 Å². The summed E-state index contributed by atoms with van der Waals surface area (Å²) >= 11 is 11.8. The van der Waals surface area contributed by atoms with Crippen molar-refractivity contribution in [3.05, 3.63) is 52.4 Å². The third-order valence-corrected chi connectivity index (χ3v) is 2.96. The molecule has 1 aromatic carbocycles. The lowest BCUT2D eigenvalue weighted by Crippen LogP contribution is -2.29. The number of hydrogen-bond acceptors (Lipinski definition) is 3. The molecule has 0 saturated carbocycles. The summed E-state index contributed by atoms with van der Waals surface area (Å²) in [7, 11) is 0. The molecule has 0 aliphatic heterocycles. The van der Waals surface area contributed by atoms with Crippen molar-refractivity contribution in [2.24, 2.45) is 0 Å². The van der Waals surface area contributed by atoms with Crippen LogP contribution in [0, 0.1) is 0 Å². The zero-order valence-corrected chi connectivity index (χ0v) is 11.5. The molecule has 0 radical (unpaired) electrons. The zero-order chi connectivity index (χ0) is 13.7. The summed E-state index contributed by atoms with van der Waals surface area (Å²) in [6.07, 6.45) is 1.56. The van der Waals surface area contributed by atoms with Gasteiger partial charge in [0.05, 0.1) is 30.1 Å². The molecule has 0 unspecified atom stereocenters. The van der Waals surface area contributed by atoms with Gasteiger partial charge in [0.25, 0.3) is 0 Å². The van der Waals surface area contributed by atoms with Crippen LogP contribution >= 0.6 is 23.2 Å². The molecule has 0 saturated heterocycles. The number of nitrogens with one attached hydrogen (secondary N) is 2. The van der Waals surface area contributed by atoms with Gasteiger partial charge in [0.2, 0.25) is 5.91 Å². The first-order valence-corrected chi connectivity index (χ1v) is 6.39. The normalized spacial score (nSPS) is 10.2. The second-order valence-corrected chi connectivity index (χ2v) is 4.68. The molecule has 2 rings (SSSR count). The van der Waals surface area contributed by atoms with E-state index < -0.39 is 0 Å². The highest BCUT2D eigenvalue weighted by Gasteiger charge is 2.05. The standard InChI is InChI=1S/C13H12Cl2N2O2/c14-9-3-4-12(11(15)6-9)16-8-13(18)17-7-10-2-1-5-19-10/h1-6,16H,7-8H2,(H,17,18). The average molecular weight is 299 g/mol. The Labute approximate surface area is 120 Å². The van der Waals surface area contributed by atoms with Gasteiger partial charge in [-0.3, -0.25) is 4.79 Å². The van der Waals surface area contributed by atoms with Crippen molar-refractivity contribution in [1.29, 1.82) is 0 Å². The fourth-order valence-electron chi connectivity index (χ4n) is 1.47. The van der Waals surface area contributed by atoms with Crippen LogP contribution in [0.15, 0.2) is 41.0 Å². The number of benzene rings is 1. The van der Waals surface area contributed by atoms with Crippen molar-refractivity contribution in [2.75, 3.05) is 11.9 Å². The fourth-order valence-corrected chi connectivity index (χ4v) is 1.95. The number of furan rings is 1. The molecule has 19 heavy (non-hydrogen) atoms. The van der Waals surface area contributed by atoms with Gasteiger partial charge in [-0.15, -0.1) is 0 Å². The largest absolute Gasteiger partial charge is 0.467 e. The predicted octanol–water partition coefficient (Wildman–Crippen LogP) is 3.31. The summed E-state index contributed by atoms with van der Waals surface area (Å²) in [5.41, 5.74) is 0.666. The minimum Gasteiger partial charge on any atom is -0.467 e. The maximum absolute atomic E-state index is 11.6. The quantitative estimate of drug-likeness (QED) is 0.890. The van der Waals surface area contributed by atoms with E-state index in [4.69, 9.17) is 27.6 Å². The molecular formula is C13H12Cl2N2O2. The third kappa shape index (κ3) is 4.19. The maximum Gasteiger partial charge on any atom is 0.239 e. The molecule has 0 spiro atoms. The van der Waals surface area contributed by atoms with E-state index in [-0.39, 0.29) is 12.5 Å². The van der Waals surface area contributed by atoms with Crippen LogP contribution in [-0.2, 0) is 11.3 Å². The highest BCUT2D eigenvalue weighted by Crippen LogP contribution is 2.24. The van der Waals surface area contributed by atoms with Crippen molar-refractivity contribution >= 4 is 34.8 Å². The van der Waals surface area contributed by atoms with E-state index in [1.807, 2.05) is 0 Å². The Bertz CT molecular complexity index is 556. The molecule has 0 aliphatic carbocycles. The first-order chi connectivity index (χ1) is 9.15. The smallest absolute Gasteiger partial charge is 0.239 e. The lowest BCUT2D eigenvalue weighted by atomic mass is 10.3. The van der Waals surface area contributed by atoms with Crippen LogP contribution in [0.1, 0.15) is 5.76 Å². The minimum atomic E-state index is -0.151. The van der Waals surface area contributed by atoms with Gasteiger partial charge in [-0.2, -0.15) is 0 Å². The number of carbonyl (C=O) groups is 1. The second-order valence-electron chi connectivity index (χ2n) is 3.83. The molecule has 0 fully saturated rings. The van der Waals surface area contributed by atoms with Crippen LogP contribution in [0.3, 0.4) is 0 Å². The molecule has 1 aromatic heterocycles. The van der Waals surface area contributed by atoms with Crippen molar-refractivity contribution < 1.29 is 9.21 Å². The summed E-state index contributed by atoms with van der Waals surface area (Å²) < 4.78 is 5.11. The number of rotatable bonds is 5. The van der Waals surface area contributed by atoms with Crippen molar-refractivity contribution in [1.82, 2.24) is 5.32 Å². The molecule has 4 nitrogen and oxygen atoms in total. The topological polar surface area (TPSA) is 54.3 Å². The molecule has 1 heterocycles. The van der Waals surface area contributed by atoms with E-state index in [1.54, 1.807) is 36.6 Å². The number of carbonyl (C=O) groups excluding carboxylic acids is 1. The lowest BCUT2D eigenvalue weighted by molar-refractivity contribution is -0.119. The van der Waals surface area contributed by atoms with E-state index in [9.17, 15) is 4.79 Å². The summed E-state index contributed by atoms with van der Waals surface area (Å²) in [4.78, 5) is 11.6. The molecule has 6 heteroatoms. The van der Waals surface area contributed by atoms with Gasteiger partial charge in [-0.1, -0.05) is 23.2 Å². The molecule has 0 atom stereocenters. The molecule has 100 valence electrons. The minimum absolute atomic E-state index is 0.127. The molecule has 2 aromatic rings. The second kappa shape index (κ2) is 6.50. The van der Waals surface area contributed by atoms with Gasteiger partial charge in [0, 0.05) is 5.02 Å². The van der Waals surface area contributed by atoms with E-state index in [2.05, 4.69) is 10.6 Å². The number of halogens is 2. The summed E-state index contributed by atoms with van der Waals surface area (Å²) in [6.45, 7) is 0.490. The summed E-state index contributed by atoms with van der Waals surface area (Å²) in [5.74, 6) is 0.556. The molecular weight excluding hydrogens is 287 g/mol. The van der Waals surface area contributed by atoms with Crippen LogP contribution in [0.25, 0.3) is 0 Å². The molecule has 0 bridgehead atoms. The molecule has 2 N–H and O–H groups in total. The monoisotopic (exact) mass is 298 g/mol. The van der Waals surface area contributed by atoms with Crippen LogP contribution < -0.4 is 10.6 Å². The Morgan fingerprint density at radius 2 is 2.11 bits per heavy atom. The maximum atomic E-state index is 11.6. The van der Waals surface area contributed by atoms with Gasteiger partial charge in [-0.25, -0.2) is 0 Å². The number of hydrogen-bond donors (Lipinski definition) is 2. The zero-order valence-electron chi connectivity index (χ0n) is 9.95. The highest BCUT2D eigenvalue weighted by atomic mass is 35.5. The van der Waals surface area contributed by atoms with E-state index >= 15 is 0 Å². The predicted molar refractivity (Wildman–Crippen MR) is 75.5 cm³/mol. The van der Waals surface area contributed by atoms with Crippen molar-refractivity contribution in [3.8, 4) is 0 Å². The van der Waals surface area contributed by atoms with E-state index in [1.165, 1.54) is 0 Å². The number of anilines is 1. The van der Waals surface area contributed by atoms with Crippen LogP contribution in [0.2, 0.25) is 10.0 Å². The van der Waals surface area contributed by atoms with Crippen molar-refractivity contribution in [2.45, 2.75) is 6.54 Å². The van der Waals surface area contributed by atoms with Gasteiger partial charge in [0.15, 0.2) is 0 Å².